The fraction of sp³-hybridized carbons (Fsp3) is 0.400. The minimum absolute atomic E-state index is 0.133. The summed E-state index contributed by atoms with van der Waals surface area (Å²) in [6, 6.07) is 9.97. The number of para-hydroxylation sites is 1. The van der Waals surface area contributed by atoms with E-state index in [0.29, 0.717) is 11.6 Å². The Kier molecular flexibility index (Phi) is 4.22. The van der Waals surface area contributed by atoms with Crippen LogP contribution >= 0.6 is 0 Å². The topological polar surface area (TPSA) is 56.9 Å². The largest absolute Gasteiger partial charge is 0.350 e. The van der Waals surface area contributed by atoms with Crippen molar-refractivity contribution in [3.8, 4) is 0 Å². The quantitative estimate of drug-likeness (QED) is 0.723. The van der Waals surface area contributed by atoms with Crippen molar-refractivity contribution >= 4 is 16.8 Å². The number of hydrogen-bond acceptors (Lipinski definition) is 2. The highest BCUT2D eigenvalue weighted by molar-refractivity contribution is 5.97. The van der Waals surface area contributed by atoms with Crippen LogP contribution in [0.2, 0.25) is 0 Å². The zero-order valence-electron chi connectivity index (χ0n) is 11.7. The number of hydrazine groups is 1. The molecule has 1 atom stereocenters. The third kappa shape index (κ3) is 3.58. The summed E-state index contributed by atoms with van der Waals surface area (Å²) in [5.41, 5.74) is 7.33. The van der Waals surface area contributed by atoms with Crippen molar-refractivity contribution < 1.29 is 4.79 Å². The van der Waals surface area contributed by atoms with Crippen molar-refractivity contribution in [2.24, 2.45) is 5.92 Å². The number of amides is 1. The first kappa shape index (κ1) is 13.6. The lowest BCUT2D eigenvalue weighted by molar-refractivity contribution is 0.0920. The number of carbonyl (C=O) groups excluding carboxylic acids is 1. The van der Waals surface area contributed by atoms with E-state index < -0.39 is 0 Å². The number of H-pyrrole nitrogens is 1. The Bertz CT molecular complexity index is 526. The van der Waals surface area contributed by atoms with Gasteiger partial charge in [-0.25, -0.2) is 5.43 Å². The Morgan fingerprint density at radius 2 is 2.00 bits per heavy atom. The number of fused-ring (bicyclic) bond motifs is 1. The molecular formula is C15H21N3O. The number of carbonyl (C=O) groups is 1. The fourth-order valence-electron chi connectivity index (χ4n) is 2.22. The molecule has 0 aliphatic heterocycles. The van der Waals surface area contributed by atoms with E-state index in [1.54, 1.807) is 0 Å². The van der Waals surface area contributed by atoms with Crippen LogP contribution < -0.4 is 10.9 Å². The molecule has 19 heavy (non-hydrogen) atoms. The lowest BCUT2D eigenvalue weighted by Gasteiger charge is -2.16. The van der Waals surface area contributed by atoms with Crippen LogP contribution in [0.4, 0.5) is 0 Å². The van der Waals surface area contributed by atoms with Crippen LogP contribution in [-0.4, -0.2) is 16.9 Å². The molecule has 0 fully saturated rings. The van der Waals surface area contributed by atoms with Gasteiger partial charge in [-0.3, -0.25) is 10.2 Å². The van der Waals surface area contributed by atoms with E-state index in [1.807, 2.05) is 30.3 Å². The highest BCUT2D eigenvalue weighted by atomic mass is 16.2. The third-order valence-electron chi connectivity index (χ3n) is 3.03. The Balaban J connectivity index is 1.96. The maximum atomic E-state index is 12.0. The predicted octanol–water partition coefficient (Wildman–Crippen LogP) is 2.84. The summed E-state index contributed by atoms with van der Waals surface area (Å²) in [5, 5.41) is 1.04. The molecule has 0 aliphatic carbocycles. The van der Waals surface area contributed by atoms with Crippen molar-refractivity contribution in [1.82, 2.24) is 15.8 Å². The predicted molar refractivity (Wildman–Crippen MR) is 77.8 cm³/mol. The second kappa shape index (κ2) is 5.89. The van der Waals surface area contributed by atoms with Gasteiger partial charge in [0.05, 0.1) is 0 Å². The first-order valence-corrected chi connectivity index (χ1v) is 6.70. The van der Waals surface area contributed by atoms with E-state index in [4.69, 9.17) is 0 Å². The number of nitrogens with one attached hydrogen (secondary N) is 3. The van der Waals surface area contributed by atoms with Crippen LogP contribution in [0, 0.1) is 5.92 Å². The normalized spacial score (nSPS) is 12.8. The second-order valence-electron chi connectivity index (χ2n) is 5.40. The van der Waals surface area contributed by atoms with Gasteiger partial charge in [0.1, 0.15) is 5.69 Å². The standard InChI is InChI=1S/C15H21N3O/c1-10(2)8-11(3)17-18-15(19)14-9-12-6-4-5-7-13(12)16-14/h4-7,9-11,16-17H,8H2,1-3H3,(H,18,19)/t11-/m1/s1. The molecule has 0 aliphatic rings. The van der Waals surface area contributed by atoms with Crippen LogP contribution in [0.1, 0.15) is 37.7 Å². The van der Waals surface area contributed by atoms with Crippen LogP contribution in [0.15, 0.2) is 30.3 Å². The number of aromatic amines is 1. The third-order valence-corrected chi connectivity index (χ3v) is 3.03. The Hall–Kier alpha value is -1.81. The molecule has 2 rings (SSSR count). The molecule has 102 valence electrons. The molecule has 0 radical (unpaired) electrons. The molecule has 0 saturated carbocycles. The lowest BCUT2D eigenvalue weighted by atomic mass is 10.1. The molecule has 3 N–H and O–H groups in total. The van der Waals surface area contributed by atoms with E-state index in [0.717, 1.165) is 17.3 Å². The molecule has 1 aromatic heterocycles. The molecule has 1 heterocycles. The van der Waals surface area contributed by atoms with E-state index in [9.17, 15) is 4.79 Å². The zero-order chi connectivity index (χ0) is 13.8. The van der Waals surface area contributed by atoms with Gasteiger partial charge in [-0.15, -0.1) is 0 Å². The van der Waals surface area contributed by atoms with Gasteiger partial charge in [0.25, 0.3) is 5.91 Å². The summed E-state index contributed by atoms with van der Waals surface area (Å²) in [7, 11) is 0. The molecule has 1 aromatic carbocycles. The first-order chi connectivity index (χ1) is 9.06. The van der Waals surface area contributed by atoms with Gasteiger partial charge in [0.2, 0.25) is 0 Å². The van der Waals surface area contributed by atoms with Crippen molar-refractivity contribution in [3.05, 3.63) is 36.0 Å². The maximum absolute atomic E-state index is 12.0. The van der Waals surface area contributed by atoms with E-state index in [1.165, 1.54) is 0 Å². The summed E-state index contributed by atoms with van der Waals surface area (Å²) < 4.78 is 0. The molecule has 1 amide bonds. The van der Waals surface area contributed by atoms with Gasteiger partial charge in [-0.2, -0.15) is 0 Å². The number of benzene rings is 1. The summed E-state index contributed by atoms with van der Waals surface area (Å²) >= 11 is 0. The summed E-state index contributed by atoms with van der Waals surface area (Å²) in [6.07, 6.45) is 1.02. The molecule has 0 unspecified atom stereocenters. The summed E-state index contributed by atoms with van der Waals surface area (Å²) in [4.78, 5) is 15.1. The van der Waals surface area contributed by atoms with E-state index >= 15 is 0 Å². The number of hydrogen-bond donors (Lipinski definition) is 3. The Morgan fingerprint density at radius 3 is 2.68 bits per heavy atom. The van der Waals surface area contributed by atoms with Crippen molar-refractivity contribution in [1.29, 1.82) is 0 Å². The monoisotopic (exact) mass is 259 g/mol. The van der Waals surface area contributed by atoms with Gasteiger partial charge >= 0.3 is 0 Å². The molecular weight excluding hydrogens is 238 g/mol. The molecule has 0 saturated heterocycles. The van der Waals surface area contributed by atoms with Crippen LogP contribution in [-0.2, 0) is 0 Å². The highest BCUT2D eigenvalue weighted by Gasteiger charge is 2.10. The average Bonchev–Trinajstić information content (AvgIpc) is 2.78. The lowest BCUT2D eigenvalue weighted by Crippen LogP contribution is -2.43. The molecule has 0 spiro atoms. The van der Waals surface area contributed by atoms with Crippen molar-refractivity contribution in [3.63, 3.8) is 0 Å². The van der Waals surface area contributed by atoms with Crippen LogP contribution in [0.5, 0.6) is 0 Å². The van der Waals surface area contributed by atoms with Gasteiger partial charge in [0.15, 0.2) is 0 Å². The first-order valence-electron chi connectivity index (χ1n) is 6.70. The van der Waals surface area contributed by atoms with E-state index in [-0.39, 0.29) is 11.9 Å². The van der Waals surface area contributed by atoms with E-state index in [2.05, 4.69) is 36.6 Å². The van der Waals surface area contributed by atoms with Crippen LogP contribution in [0.25, 0.3) is 10.9 Å². The van der Waals surface area contributed by atoms with Gasteiger partial charge < -0.3 is 4.98 Å². The van der Waals surface area contributed by atoms with Gasteiger partial charge in [-0.05, 0) is 31.4 Å². The summed E-state index contributed by atoms with van der Waals surface area (Å²) in [5.74, 6) is 0.472. The van der Waals surface area contributed by atoms with Crippen molar-refractivity contribution in [2.75, 3.05) is 0 Å². The number of rotatable bonds is 5. The summed E-state index contributed by atoms with van der Waals surface area (Å²) in [6.45, 7) is 6.39. The minimum Gasteiger partial charge on any atom is -0.350 e. The van der Waals surface area contributed by atoms with Gasteiger partial charge in [0, 0.05) is 16.9 Å². The number of aromatic nitrogens is 1. The van der Waals surface area contributed by atoms with Crippen molar-refractivity contribution in [2.45, 2.75) is 33.2 Å². The van der Waals surface area contributed by atoms with Gasteiger partial charge in [-0.1, -0.05) is 32.0 Å². The highest BCUT2D eigenvalue weighted by Crippen LogP contribution is 2.14. The smallest absolute Gasteiger partial charge is 0.281 e. The van der Waals surface area contributed by atoms with Crippen LogP contribution in [0.3, 0.4) is 0 Å². The second-order valence-corrected chi connectivity index (χ2v) is 5.40. The molecule has 2 aromatic rings. The minimum atomic E-state index is -0.133. The SMILES string of the molecule is CC(C)C[C@@H](C)NNC(=O)c1cc2ccccc2[nH]1. The maximum Gasteiger partial charge on any atom is 0.281 e. The zero-order valence-corrected chi connectivity index (χ0v) is 11.7. The fourth-order valence-corrected chi connectivity index (χ4v) is 2.22. The Morgan fingerprint density at radius 1 is 1.26 bits per heavy atom. The molecule has 4 heteroatoms. The molecule has 4 nitrogen and oxygen atoms in total. The molecule has 0 bridgehead atoms. The Labute approximate surface area is 113 Å². The average molecular weight is 259 g/mol.